The lowest BCUT2D eigenvalue weighted by Crippen LogP contribution is -2.30. The third-order valence-electron chi connectivity index (χ3n) is 7.51. The number of alkyl halides is 3. The number of hydrogen-bond donors (Lipinski definition) is 0. The van der Waals surface area contributed by atoms with Crippen molar-refractivity contribution in [3.05, 3.63) is 119 Å². The van der Waals surface area contributed by atoms with Gasteiger partial charge >= 0.3 is 12.1 Å². The summed E-state index contributed by atoms with van der Waals surface area (Å²) in [6.07, 6.45) is -4.55. The van der Waals surface area contributed by atoms with Crippen molar-refractivity contribution in [2.24, 2.45) is 0 Å². The van der Waals surface area contributed by atoms with Gasteiger partial charge in [0.1, 0.15) is 5.76 Å². The standard InChI is InChI=1S/C34H32F3N3O3/c1-22-30(39-29-11-6-5-10-28(29)38-22)21-40(20-27-16-17-31(43-27)34(35,36)37)19-23-12-14-24(15-13-23)25-8-7-9-26(18-25)33(2,3)32(41)42-4/h5-18H,19-21H2,1-4H3. The molecule has 5 aromatic rings. The molecule has 0 spiro atoms. The second kappa shape index (κ2) is 12.0. The summed E-state index contributed by atoms with van der Waals surface area (Å²) in [7, 11) is 1.38. The molecule has 9 heteroatoms. The van der Waals surface area contributed by atoms with Crippen LogP contribution in [0.4, 0.5) is 13.2 Å². The Morgan fingerprint density at radius 1 is 0.837 bits per heavy atom. The summed E-state index contributed by atoms with van der Waals surface area (Å²) in [4.78, 5) is 23.8. The minimum atomic E-state index is -4.55. The predicted octanol–water partition coefficient (Wildman–Crippen LogP) is 7.87. The molecular formula is C34H32F3N3O3. The van der Waals surface area contributed by atoms with Gasteiger partial charge in [0.15, 0.2) is 0 Å². The number of aryl methyl sites for hydroxylation is 1. The van der Waals surface area contributed by atoms with E-state index in [1.165, 1.54) is 13.2 Å². The van der Waals surface area contributed by atoms with E-state index in [9.17, 15) is 18.0 Å². The van der Waals surface area contributed by atoms with Crippen molar-refractivity contribution in [3.63, 3.8) is 0 Å². The van der Waals surface area contributed by atoms with Crippen molar-refractivity contribution >= 4 is 17.0 Å². The van der Waals surface area contributed by atoms with E-state index < -0.39 is 17.4 Å². The molecule has 6 nitrogen and oxygen atoms in total. The van der Waals surface area contributed by atoms with Crippen LogP contribution in [-0.2, 0) is 40.8 Å². The smallest absolute Gasteiger partial charge is 0.449 e. The molecule has 0 atom stereocenters. The summed E-state index contributed by atoms with van der Waals surface area (Å²) < 4.78 is 49.8. The average Bonchev–Trinajstić information content (AvgIpc) is 3.47. The van der Waals surface area contributed by atoms with Crippen LogP contribution in [0.2, 0.25) is 0 Å². The number of carbonyl (C=O) groups excluding carboxylic acids is 1. The first kappa shape index (κ1) is 30.0. The highest BCUT2D eigenvalue weighted by Crippen LogP contribution is 2.32. The van der Waals surface area contributed by atoms with Crippen LogP contribution in [0.25, 0.3) is 22.2 Å². The first-order valence-corrected chi connectivity index (χ1v) is 13.8. The number of fused-ring (bicyclic) bond motifs is 1. The van der Waals surface area contributed by atoms with Gasteiger partial charge in [-0.1, -0.05) is 60.7 Å². The Balaban J connectivity index is 1.41. The number of methoxy groups -OCH3 is 1. The van der Waals surface area contributed by atoms with Crippen LogP contribution >= 0.6 is 0 Å². The lowest BCUT2D eigenvalue weighted by Gasteiger charge is -2.23. The van der Waals surface area contributed by atoms with E-state index in [2.05, 4.69) is 4.98 Å². The molecule has 43 heavy (non-hydrogen) atoms. The van der Waals surface area contributed by atoms with E-state index in [0.29, 0.717) is 13.1 Å². The highest BCUT2D eigenvalue weighted by atomic mass is 19.4. The number of benzene rings is 3. The molecule has 0 aliphatic heterocycles. The first-order valence-electron chi connectivity index (χ1n) is 13.8. The zero-order valence-electron chi connectivity index (χ0n) is 24.4. The molecular weight excluding hydrogens is 555 g/mol. The molecule has 3 aromatic carbocycles. The summed E-state index contributed by atoms with van der Waals surface area (Å²) in [5, 5.41) is 0. The predicted molar refractivity (Wildman–Crippen MR) is 158 cm³/mol. The first-order chi connectivity index (χ1) is 20.4. The van der Waals surface area contributed by atoms with Gasteiger partial charge in [0.25, 0.3) is 0 Å². The van der Waals surface area contributed by atoms with Crippen molar-refractivity contribution in [2.75, 3.05) is 7.11 Å². The second-order valence-corrected chi connectivity index (χ2v) is 11.0. The topological polar surface area (TPSA) is 68.5 Å². The molecule has 0 radical (unpaired) electrons. The van der Waals surface area contributed by atoms with Crippen molar-refractivity contribution in [1.82, 2.24) is 14.9 Å². The molecule has 0 saturated heterocycles. The third-order valence-corrected chi connectivity index (χ3v) is 7.51. The number of carbonyl (C=O) groups is 1. The highest BCUT2D eigenvalue weighted by molar-refractivity contribution is 5.83. The number of halogens is 3. The Hall–Kier alpha value is -4.50. The van der Waals surface area contributed by atoms with Crippen LogP contribution in [0.1, 0.15) is 47.9 Å². The van der Waals surface area contributed by atoms with Crippen molar-refractivity contribution in [2.45, 2.75) is 52.0 Å². The molecule has 5 rings (SSSR count). The van der Waals surface area contributed by atoms with Crippen LogP contribution < -0.4 is 0 Å². The van der Waals surface area contributed by atoms with Crippen LogP contribution in [-0.4, -0.2) is 27.9 Å². The lowest BCUT2D eigenvalue weighted by atomic mass is 9.83. The summed E-state index contributed by atoms with van der Waals surface area (Å²) in [6.45, 7) is 6.48. The molecule has 0 aliphatic carbocycles. The largest absolute Gasteiger partial charge is 0.468 e. The Bertz CT molecular complexity index is 1740. The van der Waals surface area contributed by atoms with Gasteiger partial charge in [0, 0.05) is 13.1 Å². The van der Waals surface area contributed by atoms with E-state index in [-0.39, 0.29) is 18.3 Å². The Kier molecular flexibility index (Phi) is 8.37. The van der Waals surface area contributed by atoms with E-state index in [1.807, 2.05) is 98.5 Å². The van der Waals surface area contributed by atoms with E-state index in [0.717, 1.165) is 50.7 Å². The SMILES string of the molecule is COC(=O)C(C)(C)c1cccc(-c2ccc(CN(Cc3ccc(C(F)(F)F)o3)Cc3nc4ccccc4nc3C)cc2)c1. The van der Waals surface area contributed by atoms with Gasteiger partial charge in [-0.3, -0.25) is 9.69 Å². The maximum atomic E-state index is 13.2. The molecule has 0 fully saturated rings. The fourth-order valence-corrected chi connectivity index (χ4v) is 5.01. The quantitative estimate of drug-likeness (QED) is 0.164. The van der Waals surface area contributed by atoms with E-state index in [1.54, 1.807) is 0 Å². The Morgan fingerprint density at radius 3 is 2.19 bits per heavy atom. The molecule has 0 saturated carbocycles. The monoisotopic (exact) mass is 587 g/mol. The van der Waals surface area contributed by atoms with Crippen molar-refractivity contribution in [3.8, 4) is 11.1 Å². The number of ether oxygens (including phenoxy) is 1. The minimum Gasteiger partial charge on any atom is -0.468 e. The number of aromatic nitrogens is 2. The maximum absolute atomic E-state index is 13.2. The number of hydrogen-bond acceptors (Lipinski definition) is 6. The molecule has 0 unspecified atom stereocenters. The Morgan fingerprint density at radius 2 is 1.53 bits per heavy atom. The van der Waals surface area contributed by atoms with Gasteiger partial charge in [-0.05, 0) is 67.3 Å². The molecule has 0 N–H and O–H groups in total. The van der Waals surface area contributed by atoms with Crippen molar-refractivity contribution in [1.29, 1.82) is 0 Å². The fourth-order valence-electron chi connectivity index (χ4n) is 5.01. The molecule has 2 aromatic heterocycles. The summed E-state index contributed by atoms with van der Waals surface area (Å²) >= 11 is 0. The zero-order chi connectivity index (χ0) is 30.8. The van der Waals surface area contributed by atoms with Crippen LogP contribution in [0.3, 0.4) is 0 Å². The van der Waals surface area contributed by atoms with Gasteiger partial charge < -0.3 is 9.15 Å². The second-order valence-electron chi connectivity index (χ2n) is 11.0. The van der Waals surface area contributed by atoms with E-state index in [4.69, 9.17) is 14.1 Å². The summed E-state index contributed by atoms with van der Waals surface area (Å²) in [5.41, 5.74) is 5.96. The van der Waals surface area contributed by atoms with Gasteiger partial charge in [-0.2, -0.15) is 13.2 Å². The minimum absolute atomic E-state index is 0.149. The molecule has 0 aliphatic rings. The number of para-hydroxylation sites is 2. The molecule has 222 valence electrons. The third kappa shape index (κ3) is 6.78. The summed E-state index contributed by atoms with van der Waals surface area (Å²) in [6, 6.07) is 25.6. The van der Waals surface area contributed by atoms with Crippen LogP contribution in [0, 0.1) is 6.92 Å². The van der Waals surface area contributed by atoms with Gasteiger partial charge in [-0.25, -0.2) is 9.97 Å². The van der Waals surface area contributed by atoms with Crippen LogP contribution in [0.15, 0.2) is 89.3 Å². The molecule has 0 amide bonds. The van der Waals surface area contributed by atoms with E-state index >= 15 is 0 Å². The highest BCUT2D eigenvalue weighted by Gasteiger charge is 2.35. The lowest BCUT2D eigenvalue weighted by molar-refractivity contribution is -0.153. The van der Waals surface area contributed by atoms with Gasteiger partial charge in [-0.15, -0.1) is 0 Å². The normalized spacial score (nSPS) is 12.2. The molecule has 0 bridgehead atoms. The zero-order valence-corrected chi connectivity index (χ0v) is 24.4. The number of esters is 1. The number of rotatable bonds is 9. The fraction of sp³-hybridized carbons (Fsp3) is 0.265. The number of nitrogens with zero attached hydrogens (tertiary/aromatic N) is 3. The maximum Gasteiger partial charge on any atom is 0.449 e. The molecule has 2 heterocycles. The summed E-state index contributed by atoms with van der Waals surface area (Å²) in [5.74, 6) is -1.13. The van der Waals surface area contributed by atoms with Gasteiger partial charge in [0.2, 0.25) is 5.76 Å². The van der Waals surface area contributed by atoms with Crippen molar-refractivity contribution < 1.29 is 27.1 Å². The van der Waals surface area contributed by atoms with Crippen LogP contribution in [0.5, 0.6) is 0 Å². The Labute approximate surface area is 248 Å². The van der Waals surface area contributed by atoms with Gasteiger partial charge in [0.05, 0.1) is 41.5 Å². The average molecular weight is 588 g/mol. The number of furan rings is 1.